The predicted octanol–water partition coefficient (Wildman–Crippen LogP) is 0.970. The highest BCUT2D eigenvalue weighted by molar-refractivity contribution is 5.94. The summed E-state index contributed by atoms with van der Waals surface area (Å²) in [6.07, 6.45) is 2.86. The Labute approximate surface area is 113 Å². The molecule has 0 unspecified atom stereocenters. The first-order valence-corrected chi connectivity index (χ1v) is 5.60. The lowest BCUT2D eigenvalue weighted by Gasteiger charge is -2.08. The van der Waals surface area contributed by atoms with Gasteiger partial charge in [-0.25, -0.2) is 18.7 Å². The maximum atomic E-state index is 13.5. The lowest BCUT2D eigenvalue weighted by atomic mass is 10.1. The molecule has 1 heterocycles. The summed E-state index contributed by atoms with van der Waals surface area (Å²) in [6, 6.07) is 3.41. The fourth-order valence-corrected chi connectivity index (χ4v) is 1.54. The molecule has 20 heavy (non-hydrogen) atoms. The molecular formula is C12H11F2N5O. The average Bonchev–Trinajstić information content (AvgIpc) is 2.45. The van der Waals surface area contributed by atoms with E-state index in [1.165, 1.54) is 12.5 Å². The molecular weight excluding hydrogens is 268 g/mol. The van der Waals surface area contributed by atoms with Gasteiger partial charge in [0.15, 0.2) is 11.6 Å². The van der Waals surface area contributed by atoms with Crippen LogP contribution in [0.25, 0.3) is 0 Å². The van der Waals surface area contributed by atoms with Crippen molar-refractivity contribution in [3.05, 3.63) is 53.6 Å². The van der Waals surface area contributed by atoms with Gasteiger partial charge in [0.25, 0.3) is 5.91 Å². The third kappa shape index (κ3) is 3.04. The molecule has 4 N–H and O–H groups in total. The van der Waals surface area contributed by atoms with Crippen molar-refractivity contribution in [2.24, 2.45) is 5.84 Å². The van der Waals surface area contributed by atoms with Crippen molar-refractivity contribution in [2.45, 2.75) is 6.54 Å². The number of hydrogen-bond donors (Lipinski definition) is 3. The number of carbonyl (C=O) groups excluding carboxylic acids is 1. The summed E-state index contributed by atoms with van der Waals surface area (Å²) in [5.41, 5.74) is 1.83. The molecule has 6 nitrogen and oxygen atoms in total. The number of nitrogens with two attached hydrogens (primary N) is 1. The van der Waals surface area contributed by atoms with Gasteiger partial charge in [-0.1, -0.05) is 0 Å². The van der Waals surface area contributed by atoms with Gasteiger partial charge in [-0.3, -0.25) is 10.6 Å². The first-order valence-electron chi connectivity index (χ1n) is 5.60. The van der Waals surface area contributed by atoms with Crippen molar-refractivity contribution in [1.29, 1.82) is 0 Å². The number of anilines is 1. The lowest BCUT2D eigenvalue weighted by molar-refractivity contribution is 0.0949. The van der Waals surface area contributed by atoms with Crippen LogP contribution in [0, 0.1) is 11.6 Å². The normalized spacial score (nSPS) is 10.2. The highest BCUT2D eigenvalue weighted by Gasteiger charge is 2.14. The van der Waals surface area contributed by atoms with Crippen LogP contribution in [-0.2, 0) is 6.54 Å². The lowest BCUT2D eigenvalue weighted by Crippen LogP contribution is -2.24. The van der Waals surface area contributed by atoms with Gasteiger partial charge in [0.2, 0.25) is 0 Å². The van der Waals surface area contributed by atoms with E-state index in [4.69, 9.17) is 5.84 Å². The zero-order valence-corrected chi connectivity index (χ0v) is 10.2. The summed E-state index contributed by atoms with van der Waals surface area (Å²) in [5, 5.41) is 2.49. The summed E-state index contributed by atoms with van der Waals surface area (Å²) in [5.74, 6) is 2.46. The minimum absolute atomic E-state index is 0.126. The molecule has 0 saturated heterocycles. The largest absolute Gasteiger partial charge is 0.346 e. The van der Waals surface area contributed by atoms with E-state index in [1.54, 1.807) is 6.07 Å². The molecule has 0 spiro atoms. The van der Waals surface area contributed by atoms with Crippen LogP contribution >= 0.6 is 0 Å². The topological polar surface area (TPSA) is 92.9 Å². The average molecular weight is 279 g/mol. The zero-order valence-electron chi connectivity index (χ0n) is 10.2. The Morgan fingerprint density at radius 1 is 1.30 bits per heavy atom. The van der Waals surface area contributed by atoms with E-state index in [0.717, 1.165) is 12.1 Å². The van der Waals surface area contributed by atoms with Crippen molar-refractivity contribution in [1.82, 2.24) is 15.3 Å². The molecule has 0 fully saturated rings. The van der Waals surface area contributed by atoms with Crippen molar-refractivity contribution in [3.63, 3.8) is 0 Å². The molecule has 0 aliphatic rings. The van der Waals surface area contributed by atoms with Gasteiger partial charge in [0.1, 0.15) is 12.0 Å². The summed E-state index contributed by atoms with van der Waals surface area (Å²) >= 11 is 0. The Bertz CT molecular complexity index is 597. The minimum atomic E-state index is -0.945. The van der Waals surface area contributed by atoms with Crippen LogP contribution in [-0.4, -0.2) is 15.9 Å². The third-order valence-corrected chi connectivity index (χ3v) is 2.52. The van der Waals surface area contributed by atoms with Gasteiger partial charge in [-0.2, -0.15) is 0 Å². The highest BCUT2D eigenvalue weighted by atomic mass is 19.1. The number of nitrogens with one attached hydrogen (secondary N) is 2. The number of nitrogens with zero attached hydrogens (tertiary/aromatic N) is 2. The molecule has 2 aromatic rings. The second-order valence-corrected chi connectivity index (χ2v) is 3.84. The highest BCUT2D eigenvalue weighted by Crippen LogP contribution is 2.19. The Balaban J connectivity index is 2.10. The van der Waals surface area contributed by atoms with E-state index in [0.29, 0.717) is 5.69 Å². The quantitative estimate of drug-likeness (QED) is 0.573. The Morgan fingerprint density at radius 2 is 2.00 bits per heavy atom. The van der Waals surface area contributed by atoms with Crippen molar-refractivity contribution in [2.75, 3.05) is 5.43 Å². The molecule has 1 aromatic carbocycles. The van der Waals surface area contributed by atoms with Crippen LogP contribution in [0.4, 0.5) is 14.5 Å². The molecule has 1 aromatic heterocycles. The van der Waals surface area contributed by atoms with E-state index in [1.807, 2.05) is 5.43 Å². The van der Waals surface area contributed by atoms with Crippen LogP contribution in [0.5, 0.6) is 0 Å². The molecule has 0 aliphatic heterocycles. The maximum Gasteiger partial charge on any atom is 0.251 e. The van der Waals surface area contributed by atoms with Crippen molar-refractivity contribution >= 4 is 11.6 Å². The molecule has 0 atom stereocenters. The van der Waals surface area contributed by atoms with Crippen LogP contribution in [0.2, 0.25) is 0 Å². The summed E-state index contributed by atoms with van der Waals surface area (Å²) in [4.78, 5) is 19.4. The maximum absolute atomic E-state index is 13.5. The predicted molar refractivity (Wildman–Crippen MR) is 67.4 cm³/mol. The Kier molecular flexibility index (Phi) is 4.16. The molecule has 104 valence electrons. The molecule has 0 bridgehead atoms. The van der Waals surface area contributed by atoms with E-state index in [2.05, 4.69) is 15.3 Å². The van der Waals surface area contributed by atoms with Crippen LogP contribution in [0.15, 0.2) is 30.7 Å². The van der Waals surface area contributed by atoms with Gasteiger partial charge in [-0.05, 0) is 18.2 Å². The standard InChI is InChI=1S/C12H11F2N5O/c13-9-3-7(4-10(14)11(9)19-15)12(20)17-5-8-1-2-16-6-18-8/h1-4,6,19H,5,15H2,(H,17,20). The van der Waals surface area contributed by atoms with E-state index in [-0.39, 0.29) is 12.1 Å². The van der Waals surface area contributed by atoms with E-state index >= 15 is 0 Å². The van der Waals surface area contributed by atoms with Crippen molar-refractivity contribution < 1.29 is 13.6 Å². The molecule has 1 amide bonds. The second kappa shape index (κ2) is 6.02. The van der Waals surface area contributed by atoms with Gasteiger partial charge in [0.05, 0.1) is 12.2 Å². The van der Waals surface area contributed by atoms with E-state index < -0.39 is 23.2 Å². The smallest absolute Gasteiger partial charge is 0.251 e. The first kappa shape index (κ1) is 13.8. The van der Waals surface area contributed by atoms with Gasteiger partial charge in [0, 0.05) is 11.8 Å². The monoisotopic (exact) mass is 279 g/mol. The van der Waals surface area contributed by atoms with Gasteiger partial charge >= 0.3 is 0 Å². The SMILES string of the molecule is NNc1c(F)cc(C(=O)NCc2ccncn2)cc1F. The number of hydrazine groups is 1. The summed E-state index contributed by atoms with van der Waals surface area (Å²) in [7, 11) is 0. The fourth-order valence-electron chi connectivity index (χ4n) is 1.54. The summed E-state index contributed by atoms with van der Waals surface area (Å²) in [6.45, 7) is 0.126. The number of benzene rings is 1. The number of hydrogen-bond acceptors (Lipinski definition) is 5. The second-order valence-electron chi connectivity index (χ2n) is 3.84. The van der Waals surface area contributed by atoms with Gasteiger partial charge in [-0.15, -0.1) is 0 Å². The minimum Gasteiger partial charge on any atom is -0.346 e. The van der Waals surface area contributed by atoms with Crippen LogP contribution in [0.1, 0.15) is 16.1 Å². The summed E-state index contributed by atoms with van der Waals surface area (Å²) < 4.78 is 26.9. The number of aromatic nitrogens is 2. The third-order valence-electron chi connectivity index (χ3n) is 2.52. The Hall–Kier alpha value is -2.61. The van der Waals surface area contributed by atoms with Gasteiger partial charge < -0.3 is 10.7 Å². The Morgan fingerprint density at radius 3 is 2.55 bits per heavy atom. The molecule has 0 radical (unpaired) electrons. The zero-order chi connectivity index (χ0) is 14.5. The van der Waals surface area contributed by atoms with Crippen molar-refractivity contribution in [3.8, 4) is 0 Å². The number of amides is 1. The van der Waals surface area contributed by atoms with E-state index in [9.17, 15) is 13.6 Å². The fraction of sp³-hybridized carbons (Fsp3) is 0.0833. The molecule has 0 saturated carbocycles. The molecule has 2 rings (SSSR count). The first-order chi connectivity index (χ1) is 9.61. The number of nitrogen functional groups attached to an aromatic ring is 1. The van der Waals surface area contributed by atoms with Crippen LogP contribution < -0.4 is 16.6 Å². The number of halogens is 2. The molecule has 8 heteroatoms. The number of carbonyl (C=O) groups is 1. The molecule has 0 aliphatic carbocycles. The number of rotatable bonds is 4. The van der Waals surface area contributed by atoms with Crippen LogP contribution in [0.3, 0.4) is 0 Å².